The van der Waals surface area contributed by atoms with Crippen LogP contribution >= 0.6 is 11.8 Å². The summed E-state index contributed by atoms with van der Waals surface area (Å²) < 4.78 is 5.06. The minimum Gasteiger partial charge on any atom is -0.465 e. The van der Waals surface area contributed by atoms with Crippen LogP contribution in [0.3, 0.4) is 0 Å². The number of hydrogen-bond acceptors (Lipinski definition) is 4. The van der Waals surface area contributed by atoms with E-state index in [1.54, 1.807) is 36.2 Å². The lowest BCUT2D eigenvalue weighted by atomic mass is 10.4. The average molecular weight is 255 g/mol. The Morgan fingerprint density at radius 3 is 3.12 bits per heavy atom. The van der Waals surface area contributed by atoms with Gasteiger partial charge in [-0.1, -0.05) is 0 Å². The topological polar surface area (TPSA) is 62.5 Å². The number of aliphatic hydroxyl groups excluding tert-OH is 1. The van der Waals surface area contributed by atoms with E-state index in [0.29, 0.717) is 12.3 Å². The summed E-state index contributed by atoms with van der Waals surface area (Å²) in [6.07, 6.45) is 5.46. The second-order valence-electron chi connectivity index (χ2n) is 3.33. The lowest BCUT2D eigenvalue weighted by Gasteiger charge is -2.01. The SMILES string of the molecule is O=C(/C=C/c1ccco1)NCCSCCCO. The molecule has 0 unspecified atom stereocenters. The number of carbonyl (C=O) groups is 1. The Bertz CT molecular complexity index is 336. The van der Waals surface area contributed by atoms with E-state index in [-0.39, 0.29) is 12.5 Å². The molecule has 94 valence electrons. The summed E-state index contributed by atoms with van der Waals surface area (Å²) in [5.41, 5.74) is 0. The summed E-state index contributed by atoms with van der Waals surface area (Å²) in [7, 11) is 0. The van der Waals surface area contributed by atoms with E-state index in [0.717, 1.165) is 17.9 Å². The van der Waals surface area contributed by atoms with Gasteiger partial charge in [0.15, 0.2) is 0 Å². The number of carbonyl (C=O) groups excluding carboxylic acids is 1. The summed E-state index contributed by atoms with van der Waals surface area (Å²) in [5, 5.41) is 11.3. The van der Waals surface area contributed by atoms with Crippen molar-refractivity contribution in [3.8, 4) is 0 Å². The molecule has 0 bridgehead atoms. The summed E-state index contributed by atoms with van der Waals surface area (Å²) in [6.45, 7) is 0.864. The van der Waals surface area contributed by atoms with Gasteiger partial charge in [-0.15, -0.1) is 0 Å². The Balaban J connectivity index is 2.05. The molecule has 0 saturated carbocycles. The molecule has 17 heavy (non-hydrogen) atoms. The standard InChI is InChI=1S/C12H17NO3S/c14-7-2-9-17-10-6-13-12(15)5-4-11-3-1-8-16-11/h1,3-5,8,14H,2,6-7,9-10H2,(H,13,15)/b5-4+. The van der Waals surface area contributed by atoms with E-state index in [9.17, 15) is 4.79 Å². The van der Waals surface area contributed by atoms with Gasteiger partial charge < -0.3 is 14.8 Å². The third-order valence-corrected chi connectivity index (χ3v) is 3.00. The first-order chi connectivity index (χ1) is 8.33. The van der Waals surface area contributed by atoms with Crippen molar-refractivity contribution in [1.82, 2.24) is 5.32 Å². The Morgan fingerprint density at radius 2 is 2.41 bits per heavy atom. The van der Waals surface area contributed by atoms with E-state index >= 15 is 0 Å². The van der Waals surface area contributed by atoms with Crippen molar-refractivity contribution in [2.75, 3.05) is 24.7 Å². The number of aliphatic hydroxyl groups is 1. The van der Waals surface area contributed by atoms with Crippen LogP contribution in [0.4, 0.5) is 0 Å². The highest BCUT2D eigenvalue weighted by Gasteiger charge is 1.95. The van der Waals surface area contributed by atoms with Gasteiger partial charge in [-0.05, 0) is 30.4 Å². The largest absolute Gasteiger partial charge is 0.465 e. The molecule has 4 nitrogen and oxygen atoms in total. The van der Waals surface area contributed by atoms with Crippen molar-refractivity contribution in [2.24, 2.45) is 0 Å². The molecule has 0 aliphatic rings. The third kappa shape index (κ3) is 6.86. The van der Waals surface area contributed by atoms with Gasteiger partial charge >= 0.3 is 0 Å². The summed E-state index contributed by atoms with van der Waals surface area (Å²) in [6, 6.07) is 3.56. The van der Waals surface area contributed by atoms with Gasteiger partial charge in [-0.25, -0.2) is 0 Å². The molecule has 1 aromatic rings. The van der Waals surface area contributed by atoms with Crippen LogP contribution in [0, 0.1) is 0 Å². The average Bonchev–Trinajstić information content (AvgIpc) is 2.84. The zero-order valence-electron chi connectivity index (χ0n) is 9.59. The van der Waals surface area contributed by atoms with Crippen LogP contribution in [0.2, 0.25) is 0 Å². The van der Waals surface area contributed by atoms with E-state index in [2.05, 4.69) is 5.32 Å². The van der Waals surface area contributed by atoms with Crippen LogP contribution in [0.25, 0.3) is 6.08 Å². The zero-order valence-corrected chi connectivity index (χ0v) is 10.4. The summed E-state index contributed by atoms with van der Waals surface area (Å²) >= 11 is 1.72. The molecule has 1 aromatic heterocycles. The second-order valence-corrected chi connectivity index (χ2v) is 4.55. The summed E-state index contributed by atoms with van der Waals surface area (Å²) in [4.78, 5) is 11.3. The molecule has 5 heteroatoms. The molecular formula is C12H17NO3S. The quantitative estimate of drug-likeness (QED) is 0.546. The maximum atomic E-state index is 11.3. The molecule has 1 rings (SSSR count). The molecule has 0 radical (unpaired) electrons. The highest BCUT2D eigenvalue weighted by atomic mass is 32.2. The summed E-state index contributed by atoms with van der Waals surface area (Å²) in [5.74, 6) is 2.33. The van der Waals surface area contributed by atoms with E-state index < -0.39 is 0 Å². The highest BCUT2D eigenvalue weighted by Crippen LogP contribution is 2.02. The lowest BCUT2D eigenvalue weighted by Crippen LogP contribution is -2.23. The molecule has 0 aliphatic heterocycles. The van der Waals surface area contributed by atoms with Gasteiger partial charge in [0, 0.05) is 25.0 Å². The molecule has 2 N–H and O–H groups in total. The molecule has 0 fully saturated rings. The molecule has 1 heterocycles. The Labute approximate surface area is 105 Å². The lowest BCUT2D eigenvalue weighted by molar-refractivity contribution is -0.116. The van der Waals surface area contributed by atoms with E-state index in [4.69, 9.17) is 9.52 Å². The smallest absolute Gasteiger partial charge is 0.244 e. The molecular weight excluding hydrogens is 238 g/mol. The van der Waals surface area contributed by atoms with Crippen LogP contribution in [-0.4, -0.2) is 35.7 Å². The van der Waals surface area contributed by atoms with Gasteiger partial charge in [-0.2, -0.15) is 11.8 Å². The van der Waals surface area contributed by atoms with Crippen LogP contribution in [0.1, 0.15) is 12.2 Å². The van der Waals surface area contributed by atoms with Crippen molar-refractivity contribution in [3.63, 3.8) is 0 Å². The highest BCUT2D eigenvalue weighted by molar-refractivity contribution is 7.99. The third-order valence-electron chi connectivity index (χ3n) is 1.93. The molecule has 0 aromatic carbocycles. The maximum absolute atomic E-state index is 11.3. The number of amides is 1. The number of nitrogens with one attached hydrogen (secondary N) is 1. The van der Waals surface area contributed by atoms with Crippen molar-refractivity contribution >= 4 is 23.7 Å². The van der Waals surface area contributed by atoms with Crippen LogP contribution in [-0.2, 0) is 4.79 Å². The second kappa shape index (κ2) is 8.90. The molecule has 0 aliphatic carbocycles. The number of hydrogen-bond donors (Lipinski definition) is 2. The van der Waals surface area contributed by atoms with Crippen molar-refractivity contribution in [2.45, 2.75) is 6.42 Å². The van der Waals surface area contributed by atoms with Gasteiger partial charge in [0.25, 0.3) is 0 Å². The predicted octanol–water partition coefficient (Wildman–Crippen LogP) is 1.52. The zero-order chi connectivity index (χ0) is 12.3. The maximum Gasteiger partial charge on any atom is 0.244 e. The first kappa shape index (κ1) is 13.9. The molecule has 0 saturated heterocycles. The van der Waals surface area contributed by atoms with Gasteiger partial charge in [-0.3, -0.25) is 4.79 Å². The monoisotopic (exact) mass is 255 g/mol. The first-order valence-corrected chi connectivity index (χ1v) is 6.66. The normalized spacial score (nSPS) is 10.9. The molecule has 1 amide bonds. The predicted molar refractivity (Wildman–Crippen MR) is 69.8 cm³/mol. The van der Waals surface area contributed by atoms with E-state index in [1.165, 1.54) is 6.08 Å². The van der Waals surface area contributed by atoms with Crippen molar-refractivity contribution in [1.29, 1.82) is 0 Å². The Hall–Kier alpha value is -1.20. The van der Waals surface area contributed by atoms with E-state index in [1.807, 2.05) is 0 Å². The fourth-order valence-corrected chi connectivity index (χ4v) is 1.90. The van der Waals surface area contributed by atoms with Gasteiger partial charge in [0.05, 0.1) is 6.26 Å². The molecule has 0 spiro atoms. The fourth-order valence-electron chi connectivity index (χ4n) is 1.12. The number of furan rings is 1. The van der Waals surface area contributed by atoms with Gasteiger partial charge in [0.1, 0.15) is 5.76 Å². The Morgan fingerprint density at radius 1 is 1.53 bits per heavy atom. The van der Waals surface area contributed by atoms with Crippen molar-refractivity contribution < 1.29 is 14.3 Å². The van der Waals surface area contributed by atoms with Crippen LogP contribution in [0.5, 0.6) is 0 Å². The molecule has 0 atom stereocenters. The minimum atomic E-state index is -0.121. The van der Waals surface area contributed by atoms with Crippen molar-refractivity contribution in [3.05, 3.63) is 30.2 Å². The Kier molecular flexibility index (Phi) is 7.25. The fraction of sp³-hybridized carbons (Fsp3) is 0.417. The minimum absolute atomic E-state index is 0.121. The van der Waals surface area contributed by atoms with Crippen LogP contribution in [0.15, 0.2) is 28.9 Å². The number of thioether (sulfide) groups is 1. The first-order valence-electron chi connectivity index (χ1n) is 5.51. The van der Waals surface area contributed by atoms with Gasteiger partial charge in [0.2, 0.25) is 5.91 Å². The van der Waals surface area contributed by atoms with Crippen LogP contribution < -0.4 is 5.32 Å². The number of rotatable bonds is 8.